The van der Waals surface area contributed by atoms with Crippen LogP contribution in [0.4, 0.5) is 0 Å². The van der Waals surface area contributed by atoms with Crippen molar-refractivity contribution in [3.8, 4) is 0 Å². The number of hydrogen-bond donors (Lipinski definition) is 2. The van der Waals surface area contributed by atoms with E-state index in [2.05, 4.69) is 10.6 Å². The number of amides is 2. The number of thiophene rings is 2. The molecular formula is C15H16Cl2N2O2S2. The van der Waals surface area contributed by atoms with E-state index in [1.165, 1.54) is 22.7 Å². The third-order valence-electron chi connectivity index (χ3n) is 3.05. The van der Waals surface area contributed by atoms with Crippen molar-refractivity contribution in [2.45, 2.75) is 13.8 Å². The van der Waals surface area contributed by atoms with Crippen molar-refractivity contribution in [1.82, 2.24) is 10.6 Å². The minimum atomic E-state index is -0.284. The second-order valence-electron chi connectivity index (χ2n) is 5.74. The van der Waals surface area contributed by atoms with E-state index in [4.69, 9.17) is 23.2 Å². The minimum Gasteiger partial charge on any atom is -0.351 e. The van der Waals surface area contributed by atoms with Gasteiger partial charge in [-0.25, -0.2) is 0 Å². The monoisotopic (exact) mass is 390 g/mol. The molecule has 8 heteroatoms. The fraction of sp³-hybridized carbons (Fsp3) is 0.333. The van der Waals surface area contributed by atoms with Gasteiger partial charge in [0.05, 0.1) is 18.4 Å². The summed E-state index contributed by atoms with van der Waals surface area (Å²) in [5.41, 5.74) is -0.284. The molecule has 0 radical (unpaired) electrons. The zero-order chi connectivity index (χ0) is 17.0. The molecule has 0 fully saturated rings. The molecule has 2 heterocycles. The molecule has 124 valence electrons. The van der Waals surface area contributed by atoms with E-state index in [9.17, 15) is 9.59 Å². The molecule has 2 rings (SSSR count). The maximum Gasteiger partial charge on any atom is 0.261 e. The van der Waals surface area contributed by atoms with Gasteiger partial charge < -0.3 is 10.6 Å². The van der Waals surface area contributed by atoms with Gasteiger partial charge in [-0.2, -0.15) is 0 Å². The molecule has 0 unspecified atom stereocenters. The average molecular weight is 391 g/mol. The maximum atomic E-state index is 12.0. The number of halogens is 2. The standard InChI is InChI=1S/C15H16Cl2N2O2S2/c1-15(2,7-18-13(20)9-3-5-11(16)22-9)8-19-14(21)10-4-6-12(17)23-10/h3-6H,7-8H2,1-2H3,(H,18,20)(H,19,21). The average Bonchev–Trinajstić information content (AvgIpc) is 3.11. The highest BCUT2D eigenvalue weighted by Crippen LogP contribution is 2.23. The van der Waals surface area contributed by atoms with Crippen LogP contribution >= 0.6 is 45.9 Å². The van der Waals surface area contributed by atoms with Crippen LogP contribution in [-0.4, -0.2) is 24.9 Å². The number of carbonyl (C=O) groups is 2. The summed E-state index contributed by atoms with van der Waals surface area (Å²) < 4.78 is 1.16. The minimum absolute atomic E-state index is 0.161. The van der Waals surface area contributed by atoms with E-state index < -0.39 is 0 Å². The van der Waals surface area contributed by atoms with Gasteiger partial charge in [-0.15, -0.1) is 22.7 Å². The Labute approximate surface area is 152 Å². The third-order valence-corrected chi connectivity index (χ3v) is 5.51. The van der Waals surface area contributed by atoms with Gasteiger partial charge in [-0.05, 0) is 29.7 Å². The van der Waals surface area contributed by atoms with Gasteiger partial charge in [0.15, 0.2) is 0 Å². The first-order chi connectivity index (χ1) is 10.8. The van der Waals surface area contributed by atoms with E-state index in [0.717, 1.165) is 0 Å². The van der Waals surface area contributed by atoms with Crippen LogP contribution in [0.2, 0.25) is 8.67 Å². The maximum absolute atomic E-state index is 12.0. The van der Waals surface area contributed by atoms with Crippen LogP contribution in [-0.2, 0) is 0 Å². The first kappa shape index (κ1) is 18.3. The Balaban J connectivity index is 1.82. The summed E-state index contributed by atoms with van der Waals surface area (Å²) in [6, 6.07) is 6.77. The molecule has 0 aliphatic heterocycles. The Kier molecular flexibility index (Phi) is 6.08. The topological polar surface area (TPSA) is 58.2 Å². The molecule has 2 N–H and O–H groups in total. The van der Waals surface area contributed by atoms with E-state index >= 15 is 0 Å². The predicted molar refractivity (Wildman–Crippen MR) is 97.1 cm³/mol. The molecule has 0 aliphatic rings. The lowest BCUT2D eigenvalue weighted by atomic mass is 9.93. The summed E-state index contributed by atoms with van der Waals surface area (Å²) in [6.45, 7) is 4.81. The van der Waals surface area contributed by atoms with Crippen LogP contribution in [0, 0.1) is 5.41 Å². The highest BCUT2D eigenvalue weighted by atomic mass is 35.5. The molecule has 0 aliphatic carbocycles. The summed E-state index contributed by atoms with van der Waals surface area (Å²) in [5, 5.41) is 5.73. The predicted octanol–water partition coefficient (Wildman–Crippen LogP) is 4.30. The molecule has 0 atom stereocenters. The molecule has 0 saturated heterocycles. The molecule has 0 bridgehead atoms. The lowest BCUT2D eigenvalue weighted by Gasteiger charge is -2.25. The second-order valence-corrected chi connectivity index (χ2v) is 9.17. The Morgan fingerprint density at radius 1 is 0.913 bits per heavy atom. The number of nitrogens with one attached hydrogen (secondary N) is 2. The number of rotatable bonds is 6. The summed E-state index contributed by atoms with van der Waals surface area (Å²) in [4.78, 5) is 25.2. The SMILES string of the molecule is CC(C)(CNC(=O)c1ccc(Cl)s1)CNC(=O)c1ccc(Cl)s1. The molecule has 4 nitrogen and oxygen atoms in total. The van der Waals surface area contributed by atoms with Gasteiger partial charge in [0, 0.05) is 13.1 Å². The summed E-state index contributed by atoms with van der Waals surface area (Å²) in [5.74, 6) is -0.322. The molecule has 0 spiro atoms. The third kappa shape index (κ3) is 5.49. The zero-order valence-corrected chi connectivity index (χ0v) is 15.8. The molecule has 0 aromatic carbocycles. The van der Waals surface area contributed by atoms with Gasteiger partial charge in [0.1, 0.15) is 0 Å². The van der Waals surface area contributed by atoms with Gasteiger partial charge in [-0.1, -0.05) is 37.0 Å². The van der Waals surface area contributed by atoms with Crippen molar-refractivity contribution in [3.63, 3.8) is 0 Å². The smallest absolute Gasteiger partial charge is 0.261 e. The van der Waals surface area contributed by atoms with Crippen molar-refractivity contribution in [2.24, 2.45) is 5.41 Å². The van der Waals surface area contributed by atoms with Crippen molar-refractivity contribution < 1.29 is 9.59 Å². The van der Waals surface area contributed by atoms with Crippen LogP contribution in [0.25, 0.3) is 0 Å². The van der Waals surface area contributed by atoms with Crippen molar-refractivity contribution >= 4 is 57.7 Å². The van der Waals surface area contributed by atoms with Crippen molar-refractivity contribution in [1.29, 1.82) is 0 Å². The number of hydrogen-bond acceptors (Lipinski definition) is 4. The molecule has 23 heavy (non-hydrogen) atoms. The van der Waals surface area contributed by atoms with Crippen LogP contribution in [0.3, 0.4) is 0 Å². The molecule has 2 amide bonds. The number of carbonyl (C=O) groups excluding carboxylic acids is 2. The Morgan fingerprint density at radius 2 is 1.30 bits per heavy atom. The van der Waals surface area contributed by atoms with Gasteiger partial charge >= 0.3 is 0 Å². The summed E-state index contributed by atoms with van der Waals surface area (Å²) >= 11 is 14.1. The van der Waals surface area contributed by atoms with Crippen LogP contribution < -0.4 is 10.6 Å². The van der Waals surface area contributed by atoms with E-state index in [1.807, 2.05) is 13.8 Å². The van der Waals surface area contributed by atoms with Gasteiger partial charge in [0.25, 0.3) is 11.8 Å². The Hall–Kier alpha value is -1.08. The van der Waals surface area contributed by atoms with Crippen molar-refractivity contribution in [3.05, 3.63) is 42.7 Å². The zero-order valence-electron chi connectivity index (χ0n) is 12.6. The quantitative estimate of drug-likeness (QED) is 0.771. The largest absolute Gasteiger partial charge is 0.351 e. The Bertz CT molecular complexity index is 652. The fourth-order valence-corrected chi connectivity index (χ4v) is 3.67. The van der Waals surface area contributed by atoms with E-state index in [0.29, 0.717) is 31.5 Å². The van der Waals surface area contributed by atoms with E-state index in [-0.39, 0.29) is 17.2 Å². The van der Waals surface area contributed by atoms with Gasteiger partial charge in [0.2, 0.25) is 0 Å². The summed E-state index contributed by atoms with van der Waals surface area (Å²) in [6.07, 6.45) is 0. The highest BCUT2D eigenvalue weighted by molar-refractivity contribution is 7.18. The lowest BCUT2D eigenvalue weighted by molar-refractivity contribution is 0.0924. The summed E-state index contributed by atoms with van der Waals surface area (Å²) in [7, 11) is 0. The Morgan fingerprint density at radius 3 is 1.61 bits per heavy atom. The fourth-order valence-electron chi connectivity index (χ4n) is 1.75. The van der Waals surface area contributed by atoms with Crippen LogP contribution in [0.1, 0.15) is 33.2 Å². The first-order valence-electron chi connectivity index (χ1n) is 6.84. The molecular weight excluding hydrogens is 375 g/mol. The van der Waals surface area contributed by atoms with Crippen molar-refractivity contribution in [2.75, 3.05) is 13.1 Å². The van der Waals surface area contributed by atoms with Crippen LogP contribution in [0.5, 0.6) is 0 Å². The molecule has 2 aromatic rings. The molecule has 0 saturated carbocycles. The second kappa shape index (κ2) is 7.66. The molecule has 2 aromatic heterocycles. The first-order valence-corrected chi connectivity index (χ1v) is 9.23. The van der Waals surface area contributed by atoms with Crippen LogP contribution in [0.15, 0.2) is 24.3 Å². The lowest BCUT2D eigenvalue weighted by Crippen LogP contribution is -2.41. The normalized spacial score (nSPS) is 11.3. The van der Waals surface area contributed by atoms with E-state index in [1.54, 1.807) is 24.3 Å². The highest BCUT2D eigenvalue weighted by Gasteiger charge is 2.21. The van der Waals surface area contributed by atoms with Gasteiger partial charge in [-0.3, -0.25) is 9.59 Å².